The van der Waals surface area contributed by atoms with Gasteiger partial charge in [0.05, 0.1) is 0 Å². The van der Waals surface area contributed by atoms with Crippen LogP contribution >= 0.6 is 0 Å². The molecule has 0 amide bonds. The highest BCUT2D eigenvalue weighted by molar-refractivity contribution is 5.96. The summed E-state index contributed by atoms with van der Waals surface area (Å²) in [5.41, 5.74) is 4.06. The Morgan fingerprint density at radius 2 is 2.05 bits per heavy atom. The zero-order valence-electron chi connectivity index (χ0n) is 11.4. The molecule has 0 spiro atoms. The lowest BCUT2D eigenvalue weighted by atomic mass is 10.0. The number of halogens is 1. The topological polar surface area (TPSA) is 41.6 Å². The smallest absolute Gasteiger partial charge is 0.150 e. The molecule has 0 aliphatic heterocycles. The van der Waals surface area contributed by atoms with Gasteiger partial charge in [-0.15, -0.1) is 0 Å². The molecule has 0 radical (unpaired) electrons. The van der Waals surface area contributed by atoms with E-state index in [1.807, 2.05) is 37.5 Å². The Morgan fingerprint density at radius 3 is 2.95 bits per heavy atom. The number of aromatic amines is 1. The van der Waals surface area contributed by atoms with Gasteiger partial charge in [-0.3, -0.25) is 4.98 Å². The number of hydrogen-bond donors (Lipinski definition) is 1. The maximum absolute atomic E-state index is 14.2. The second-order valence-electron chi connectivity index (χ2n) is 5.14. The highest BCUT2D eigenvalue weighted by Gasteiger charge is 2.11. The Kier molecular flexibility index (Phi) is 2.51. The Bertz CT molecular complexity index is 972. The van der Waals surface area contributed by atoms with Gasteiger partial charge in [-0.25, -0.2) is 9.37 Å². The van der Waals surface area contributed by atoms with Crippen LogP contribution in [0.2, 0.25) is 0 Å². The van der Waals surface area contributed by atoms with Crippen LogP contribution in [0.4, 0.5) is 4.39 Å². The van der Waals surface area contributed by atoms with E-state index < -0.39 is 0 Å². The molecule has 0 fully saturated rings. The molecule has 0 saturated carbocycles. The van der Waals surface area contributed by atoms with Crippen molar-refractivity contribution in [2.45, 2.75) is 6.92 Å². The molecule has 1 aromatic carbocycles. The van der Waals surface area contributed by atoms with Crippen LogP contribution in [0.25, 0.3) is 33.1 Å². The molecule has 0 saturated heterocycles. The van der Waals surface area contributed by atoms with Crippen LogP contribution in [0.15, 0.2) is 48.9 Å². The standard InChI is InChI=1S/C17H12FN3/c1-10-5-13-14(9-21-17(13)20-8-10)12-6-11-3-2-4-19-16(11)15(18)7-12/h2-9H,1H3,(H,20,21). The van der Waals surface area contributed by atoms with Gasteiger partial charge in [0.25, 0.3) is 0 Å². The van der Waals surface area contributed by atoms with E-state index in [0.717, 1.165) is 33.1 Å². The zero-order chi connectivity index (χ0) is 14.4. The average molecular weight is 277 g/mol. The number of H-pyrrole nitrogens is 1. The van der Waals surface area contributed by atoms with Crippen LogP contribution in [-0.4, -0.2) is 15.0 Å². The fourth-order valence-corrected chi connectivity index (χ4v) is 2.65. The van der Waals surface area contributed by atoms with Crippen molar-refractivity contribution in [3.05, 3.63) is 60.3 Å². The third-order valence-corrected chi connectivity index (χ3v) is 3.64. The largest absolute Gasteiger partial charge is 0.346 e. The third kappa shape index (κ3) is 1.88. The Labute approximate surface area is 120 Å². The fourth-order valence-electron chi connectivity index (χ4n) is 2.65. The predicted molar refractivity (Wildman–Crippen MR) is 81.5 cm³/mol. The monoisotopic (exact) mass is 277 g/mol. The molecule has 0 atom stereocenters. The first-order valence-corrected chi connectivity index (χ1v) is 6.71. The molecule has 3 heterocycles. The summed E-state index contributed by atoms with van der Waals surface area (Å²) in [4.78, 5) is 11.6. The van der Waals surface area contributed by atoms with Gasteiger partial charge in [0.1, 0.15) is 17.0 Å². The minimum atomic E-state index is -0.307. The van der Waals surface area contributed by atoms with E-state index in [4.69, 9.17) is 0 Å². The average Bonchev–Trinajstić information content (AvgIpc) is 2.90. The molecule has 3 aromatic heterocycles. The van der Waals surface area contributed by atoms with Crippen molar-refractivity contribution in [3.8, 4) is 11.1 Å². The molecular formula is C17H12FN3. The van der Waals surface area contributed by atoms with Gasteiger partial charge < -0.3 is 4.98 Å². The predicted octanol–water partition coefficient (Wildman–Crippen LogP) is 4.23. The molecule has 0 aliphatic rings. The van der Waals surface area contributed by atoms with E-state index >= 15 is 0 Å². The number of hydrogen-bond acceptors (Lipinski definition) is 2. The molecule has 1 N–H and O–H groups in total. The summed E-state index contributed by atoms with van der Waals surface area (Å²) in [5.74, 6) is -0.307. The van der Waals surface area contributed by atoms with E-state index in [-0.39, 0.29) is 5.82 Å². The zero-order valence-corrected chi connectivity index (χ0v) is 11.4. The number of rotatable bonds is 1. The fraction of sp³-hybridized carbons (Fsp3) is 0.0588. The summed E-state index contributed by atoms with van der Waals surface area (Å²) < 4.78 is 14.2. The highest BCUT2D eigenvalue weighted by atomic mass is 19.1. The maximum atomic E-state index is 14.2. The van der Waals surface area contributed by atoms with E-state index in [1.54, 1.807) is 6.20 Å². The molecule has 4 heteroatoms. The quantitative estimate of drug-likeness (QED) is 0.566. The van der Waals surface area contributed by atoms with Crippen molar-refractivity contribution in [1.29, 1.82) is 0 Å². The number of benzene rings is 1. The first-order valence-electron chi connectivity index (χ1n) is 6.71. The molecule has 3 nitrogen and oxygen atoms in total. The second kappa shape index (κ2) is 4.38. The lowest BCUT2D eigenvalue weighted by Crippen LogP contribution is -1.86. The van der Waals surface area contributed by atoms with Crippen LogP contribution in [0, 0.1) is 12.7 Å². The number of fused-ring (bicyclic) bond motifs is 2. The van der Waals surface area contributed by atoms with Crippen molar-refractivity contribution >= 4 is 21.9 Å². The van der Waals surface area contributed by atoms with Gasteiger partial charge in [-0.2, -0.15) is 0 Å². The lowest BCUT2D eigenvalue weighted by molar-refractivity contribution is 0.637. The Morgan fingerprint density at radius 1 is 1.14 bits per heavy atom. The van der Waals surface area contributed by atoms with E-state index in [1.165, 1.54) is 6.07 Å². The van der Waals surface area contributed by atoms with Crippen LogP contribution < -0.4 is 0 Å². The van der Waals surface area contributed by atoms with Crippen molar-refractivity contribution < 1.29 is 4.39 Å². The Hall–Kier alpha value is -2.75. The number of aryl methyl sites for hydroxylation is 1. The van der Waals surface area contributed by atoms with E-state index in [2.05, 4.69) is 21.0 Å². The van der Waals surface area contributed by atoms with Gasteiger partial charge in [-0.05, 0) is 42.3 Å². The SMILES string of the molecule is Cc1cnc2[nH]cc(-c3cc(F)c4ncccc4c3)c2c1. The van der Waals surface area contributed by atoms with Gasteiger partial charge in [-0.1, -0.05) is 6.07 Å². The van der Waals surface area contributed by atoms with Gasteiger partial charge in [0.2, 0.25) is 0 Å². The maximum Gasteiger partial charge on any atom is 0.150 e. The van der Waals surface area contributed by atoms with Crippen molar-refractivity contribution in [2.24, 2.45) is 0 Å². The van der Waals surface area contributed by atoms with Crippen molar-refractivity contribution in [2.75, 3.05) is 0 Å². The summed E-state index contributed by atoms with van der Waals surface area (Å²) in [7, 11) is 0. The summed E-state index contributed by atoms with van der Waals surface area (Å²) in [5, 5.41) is 1.79. The molecule has 0 aliphatic carbocycles. The highest BCUT2D eigenvalue weighted by Crippen LogP contribution is 2.31. The number of nitrogens with one attached hydrogen (secondary N) is 1. The lowest BCUT2D eigenvalue weighted by Gasteiger charge is -2.04. The van der Waals surface area contributed by atoms with Crippen molar-refractivity contribution in [3.63, 3.8) is 0 Å². The molecule has 4 rings (SSSR count). The normalized spacial score (nSPS) is 11.3. The summed E-state index contributed by atoms with van der Waals surface area (Å²) >= 11 is 0. The molecule has 4 aromatic rings. The van der Waals surface area contributed by atoms with E-state index in [9.17, 15) is 4.39 Å². The summed E-state index contributed by atoms with van der Waals surface area (Å²) in [6.07, 6.45) is 5.28. The van der Waals surface area contributed by atoms with Gasteiger partial charge in [0.15, 0.2) is 0 Å². The minimum Gasteiger partial charge on any atom is -0.346 e. The van der Waals surface area contributed by atoms with E-state index in [0.29, 0.717) is 5.52 Å². The molecule has 102 valence electrons. The molecule has 21 heavy (non-hydrogen) atoms. The molecule has 0 bridgehead atoms. The van der Waals surface area contributed by atoms with Crippen LogP contribution in [0.5, 0.6) is 0 Å². The van der Waals surface area contributed by atoms with Crippen LogP contribution in [0.1, 0.15) is 5.56 Å². The number of nitrogens with zero attached hydrogens (tertiary/aromatic N) is 2. The number of pyridine rings is 2. The third-order valence-electron chi connectivity index (χ3n) is 3.64. The van der Waals surface area contributed by atoms with Crippen LogP contribution in [0.3, 0.4) is 0 Å². The van der Waals surface area contributed by atoms with Gasteiger partial charge >= 0.3 is 0 Å². The van der Waals surface area contributed by atoms with Crippen LogP contribution in [-0.2, 0) is 0 Å². The Balaban J connectivity index is 2.02. The molecule has 0 unspecified atom stereocenters. The van der Waals surface area contributed by atoms with Gasteiger partial charge in [0, 0.05) is 34.9 Å². The second-order valence-corrected chi connectivity index (χ2v) is 5.14. The van der Waals surface area contributed by atoms with Crippen molar-refractivity contribution in [1.82, 2.24) is 15.0 Å². The minimum absolute atomic E-state index is 0.307. The number of aromatic nitrogens is 3. The first kappa shape index (κ1) is 12.0. The first-order chi connectivity index (χ1) is 10.2. The molecular weight excluding hydrogens is 265 g/mol. The summed E-state index contributed by atoms with van der Waals surface area (Å²) in [6, 6.07) is 9.22. The summed E-state index contributed by atoms with van der Waals surface area (Å²) in [6.45, 7) is 1.99.